The van der Waals surface area contributed by atoms with E-state index >= 15 is 0 Å². The number of benzene rings is 1. The molecule has 1 aliphatic carbocycles. The maximum atomic E-state index is 13.4. The number of amides is 1. The fourth-order valence-corrected chi connectivity index (χ4v) is 3.70. The minimum Gasteiger partial charge on any atom is -0.321 e. The van der Waals surface area contributed by atoms with E-state index in [9.17, 15) is 26.7 Å². The van der Waals surface area contributed by atoms with E-state index in [1.165, 1.54) is 16.8 Å². The summed E-state index contributed by atoms with van der Waals surface area (Å²) in [5.74, 6) is -0.377. The maximum Gasteiger partial charge on any atom is 0.416 e. The zero-order valence-corrected chi connectivity index (χ0v) is 18.0. The molecule has 33 heavy (non-hydrogen) atoms. The summed E-state index contributed by atoms with van der Waals surface area (Å²) in [6, 6.07) is 6.28. The Labute approximate surface area is 186 Å². The molecule has 2 heterocycles. The number of carbonyl (C=O) groups excluding carboxylic acids is 1. The van der Waals surface area contributed by atoms with E-state index in [0.29, 0.717) is 28.3 Å². The number of hydrogen-bond donors (Lipinski definition) is 1. The Morgan fingerprint density at radius 3 is 2.52 bits per heavy atom. The van der Waals surface area contributed by atoms with Crippen molar-refractivity contribution >= 4 is 11.6 Å². The van der Waals surface area contributed by atoms with Gasteiger partial charge in [-0.3, -0.25) is 14.2 Å². The molecule has 176 valence electrons. The van der Waals surface area contributed by atoms with Gasteiger partial charge in [-0.25, -0.2) is 8.78 Å². The number of nitrogens with one attached hydrogen (secondary N) is 1. The monoisotopic (exact) mass is 467 g/mol. The second-order valence-corrected chi connectivity index (χ2v) is 8.18. The summed E-state index contributed by atoms with van der Waals surface area (Å²) in [4.78, 5) is 12.6. The molecular weight excluding hydrogens is 445 g/mol. The second kappa shape index (κ2) is 8.60. The summed E-state index contributed by atoms with van der Waals surface area (Å²) in [5.41, 5.74) is 1.29. The molecule has 0 radical (unpaired) electrons. The van der Waals surface area contributed by atoms with Crippen LogP contribution in [0.2, 0.25) is 0 Å². The molecule has 1 saturated carbocycles. The van der Waals surface area contributed by atoms with Crippen LogP contribution in [0, 0.1) is 13.8 Å². The lowest BCUT2D eigenvalue weighted by Crippen LogP contribution is -2.21. The average Bonchev–Trinajstić information content (AvgIpc) is 3.45. The van der Waals surface area contributed by atoms with Crippen molar-refractivity contribution in [3.8, 4) is 0 Å². The fourth-order valence-electron chi connectivity index (χ4n) is 3.70. The number of nitrogens with zero attached hydrogens (tertiary/aromatic N) is 4. The number of alkyl halides is 5. The topological polar surface area (TPSA) is 64.7 Å². The molecule has 0 bridgehead atoms. The van der Waals surface area contributed by atoms with Gasteiger partial charge in [-0.05, 0) is 50.5 Å². The van der Waals surface area contributed by atoms with Gasteiger partial charge in [-0.1, -0.05) is 12.1 Å². The molecular formula is C22H22F5N5O. The van der Waals surface area contributed by atoms with Crippen molar-refractivity contribution in [2.24, 2.45) is 0 Å². The largest absolute Gasteiger partial charge is 0.416 e. The van der Waals surface area contributed by atoms with Gasteiger partial charge in [-0.2, -0.15) is 23.4 Å². The lowest BCUT2D eigenvalue weighted by molar-refractivity contribution is -0.137. The smallest absolute Gasteiger partial charge is 0.321 e. The first-order valence-electron chi connectivity index (χ1n) is 10.4. The van der Waals surface area contributed by atoms with Crippen LogP contribution in [0.4, 0.5) is 27.6 Å². The molecule has 1 amide bonds. The van der Waals surface area contributed by atoms with Gasteiger partial charge in [0.25, 0.3) is 6.43 Å². The van der Waals surface area contributed by atoms with Crippen molar-refractivity contribution in [1.82, 2.24) is 19.6 Å². The molecule has 0 atom stereocenters. The van der Waals surface area contributed by atoms with Crippen molar-refractivity contribution in [2.75, 3.05) is 5.32 Å². The molecule has 0 saturated heterocycles. The van der Waals surface area contributed by atoms with Crippen LogP contribution in [0.1, 0.15) is 59.1 Å². The van der Waals surface area contributed by atoms with Crippen LogP contribution in [0.25, 0.3) is 0 Å². The highest BCUT2D eigenvalue weighted by atomic mass is 19.4. The molecule has 3 aromatic rings. The van der Waals surface area contributed by atoms with Gasteiger partial charge < -0.3 is 5.32 Å². The van der Waals surface area contributed by atoms with Crippen LogP contribution in [-0.4, -0.2) is 25.5 Å². The number of carbonyl (C=O) groups is 1. The first-order chi connectivity index (χ1) is 15.5. The standard InChI is InChI=1S/C22H22F5N5O/c1-12-20(13(2)31(29-12)10-14-4-3-5-16(8-14)22(25,26)27)28-19(33)11-32-18(21(23)24)9-17(30-32)15-6-7-15/h3-5,8-9,15,21H,6-7,10-11H2,1-2H3,(H,28,33). The molecule has 1 aliphatic rings. The third-order valence-electron chi connectivity index (χ3n) is 5.58. The lowest BCUT2D eigenvalue weighted by Gasteiger charge is -2.11. The summed E-state index contributed by atoms with van der Waals surface area (Å²) in [6.07, 6.45) is -5.41. The van der Waals surface area contributed by atoms with Crippen LogP contribution in [-0.2, 0) is 24.1 Å². The lowest BCUT2D eigenvalue weighted by atomic mass is 10.1. The van der Waals surface area contributed by atoms with E-state index in [1.54, 1.807) is 19.9 Å². The van der Waals surface area contributed by atoms with E-state index in [0.717, 1.165) is 29.7 Å². The molecule has 0 unspecified atom stereocenters. The Hall–Kier alpha value is -3.24. The van der Waals surface area contributed by atoms with E-state index in [4.69, 9.17) is 0 Å². The van der Waals surface area contributed by atoms with Crippen LogP contribution in [0.3, 0.4) is 0 Å². The van der Waals surface area contributed by atoms with Gasteiger partial charge >= 0.3 is 6.18 Å². The Bertz CT molecular complexity index is 1180. The van der Waals surface area contributed by atoms with Crippen LogP contribution >= 0.6 is 0 Å². The number of aryl methyl sites for hydroxylation is 1. The number of aromatic nitrogens is 4. The molecule has 1 aromatic carbocycles. The van der Waals surface area contributed by atoms with Crippen LogP contribution in [0.15, 0.2) is 30.3 Å². The molecule has 1 fully saturated rings. The van der Waals surface area contributed by atoms with Crippen molar-refractivity contribution in [2.45, 2.75) is 58.3 Å². The third-order valence-corrected chi connectivity index (χ3v) is 5.58. The van der Waals surface area contributed by atoms with E-state index in [-0.39, 0.29) is 24.7 Å². The highest BCUT2D eigenvalue weighted by Gasteiger charge is 2.31. The Balaban J connectivity index is 1.49. The van der Waals surface area contributed by atoms with Crippen molar-refractivity contribution in [1.29, 1.82) is 0 Å². The van der Waals surface area contributed by atoms with Crippen molar-refractivity contribution < 1.29 is 26.7 Å². The normalized spacial score (nSPS) is 14.2. The third kappa shape index (κ3) is 5.07. The highest BCUT2D eigenvalue weighted by molar-refractivity contribution is 5.91. The molecule has 4 rings (SSSR count). The SMILES string of the molecule is Cc1nn(Cc2cccc(C(F)(F)F)c2)c(C)c1NC(=O)Cn1nc(C2CC2)cc1C(F)F. The number of hydrogen-bond acceptors (Lipinski definition) is 3. The zero-order valence-electron chi connectivity index (χ0n) is 18.0. The Morgan fingerprint density at radius 2 is 1.88 bits per heavy atom. The summed E-state index contributed by atoms with van der Waals surface area (Å²) in [5, 5.41) is 11.2. The van der Waals surface area contributed by atoms with Crippen LogP contribution < -0.4 is 5.32 Å². The predicted octanol–water partition coefficient (Wildman–Crippen LogP) is 5.22. The molecule has 0 spiro atoms. The average molecular weight is 467 g/mol. The minimum atomic E-state index is -4.45. The minimum absolute atomic E-state index is 0.0753. The fraction of sp³-hybridized carbons (Fsp3) is 0.409. The van der Waals surface area contributed by atoms with Gasteiger partial charge in [0.1, 0.15) is 12.2 Å². The molecule has 0 aliphatic heterocycles. The van der Waals surface area contributed by atoms with Crippen molar-refractivity contribution in [3.05, 3.63) is 64.2 Å². The first-order valence-corrected chi connectivity index (χ1v) is 10.4. The Morgan fingerprint density at radius 1 is 1.15 bits per heavy atom. The summed E-state index contributed by atoms with van der Waals surface area (Å²) < 4.78 is 68.2. The van der Waals surface area contributed by atoms with Gasteiger partial charge in [0.05, 0.1) is 34.9 Å². The Kier molecular flexibility index (Phi) is 5.98. The molecule has 2 aromatic heterocycles. The maximum absolute atomic E-state index is 13.4. The first kappa shape index (κ1) is 22.9. The van der Waals surface area contributed by atoms with Gasteiger partial charge in [0, 0.05) is 5.92 Å². The van der Waals surface area contributed by atoms with Crippen LogP contribution in [0.5, 0.6) is 0 Å². The van der Waals surface area contributed by atoms with Gasteiger partial charge in [0.2, 0.25) is 5.91 Å². The van der Waals surface area contributed by atoms with Crippen molar-refractivity contribution in [3.63, 3.8) is 0 Å². The number of rotatable bonds is 7. The summed E-state index contributed by atoms with van der Waals surface area (Å²) >= 11 is 0. The molecule has 11 heteroatoms. The zero-order chi connectivity index (χ0) is 23.9. The molecule has 6 nitrogen and oxygen atoms in total. The second-order valence-electron chi connectivity index (χ2n) is 8.18. The van der Waals surface area contributed by atoms with Gasteiger partial charge in [0.15, 0.2) is 0 Å². The quantitative estimate of drug-likeness (QED) is 0.485. The number of anilines is 1. The molecule has 1 N–H and O–H groups in total. The predicted molar refractivity (Wildman–Crippen MR) is 110 cm³/mol. The highest BCUT2D eigenvalue weighted by Crippen LogP contribution is 2.40. The van der Waals surface area contributed by atoms with Gasteiger partial charge in [-0.15, -0.1) is 0 Å². The van der Waals surface area contributed by atoms with E-state index < -0.39 is 24.1 Å². The number of halogens is 5. The summed E-state index contributed by atoms with van der Waals surface area (Å²) in [6.45, 7) is 3.01. The van der Waals surface area contributed by atoms with E-state index in [2.05, 4.69) is 15.5 Å². The van der Waals surface area contributed by atoms with E-state index in [1.807, 2.05) is 0 Å². The summed E-state index contributed by atoms with van der Waals surface area (Å²) in [7, 11) is 0.